The molecular weight excluding hydrogens is 274 g/mol. The van der Waals surface area contributed by atoms with E-state index in [1.54, 1.807) is 6.20 Å². The summed E-state index contributed by atoms with van der Waals surface area (Å²) < 4.78 is 1.00. The standard InChI is InChI=1S/C15H10BrN/c16-15-8-14(9-17-10-15)13-6-5-11-3-1-2-4-12(11)7-13/h1-10H. The molecular formula is C15H10BrN. The van der Waals surface area contributed by atoms with Crippen molar-refractivity contribution >= 4 is 26.7 Å². The molecule has 0 N–H and O–H groups in total. The van der Waals surface area contributed by atoms with Crippen LogP contribution in [-0.2, 0) is 0 Å². The molecule has 1 nitrogen and oxygen atoms in total. The molecule has 3 aromatic rings. The minimum Gasteiger partial charge on any atom is -0.263 e. The van der Waals surface area contributed by atoms with Crippen LogP contribution < -0.4 is 0 Å². The molecule has 1 aromatic heterocycles. The summed E-state index contributed by atoms with van der Waals surface area (Å²) in [5.41, 5.74) is 2.32. The molecule has 0 unspecified atom stereocenters. The summed E-state index contributed by atoms with van der Waals surface area (Å²) >= 11 is 3.45. The van der Waals surface area contributed by atoms with E-state index >= 15 is 0 Å². The molecule has 0 aliphatic heterocycles. The molecule has 1 heterocycles. The van der Waals surface area contributed by atoms with Crippen molar-refractivity contribution in [2.75, 3.05) is 0 Å². The molecule has 0 saturated heterocycles. The molecule has 0 radical (unpaired) electrons. The van der Waals surface area contributed by atoms with Crippen LogP contribution >= 0.6 is 15.9 Å². The number of benzene rings is 2. The Bertz CT molecular complexity index is 676. The zero-order valence-electron chi connectivity index (χ0n) is 9.10. The van der Waals surface area contributed by atoms with Crippen LogP contribution in [0.5, 0.6) is 0 Å². The van der Waals surface area contributed by atoms with Crippen molar-refractivity contribution in [3.05, 3.63) is 65.4 Å². The number of pyridine rings is 1. The van der Waals surface area contributed by atoms with E-state index in [1.807, 2.05) is 6.20 Å². The Morgan fingerprint density at radius 1 is 0.765 bits per heavy atom. The van der Waals surface area contributed by atoms with Gasteiger partial charge in [0.2, 0.25) is 0 Å². The molecule has 0 bridgehead atoms. The normalized spacial score (nSPS) is 10.6. The molecule has 0 aliphatic rings. The molecule has 0 saturated carbocycles. The fourth-order valence-electron chi connectivity index (χ4n) is 1.94. The summed E-state index contributed by atoms with van der Waals surface area (Å²) in [6, 6.07) is 16.9. The van der Waals surface area contributed by atoms with Gasteiger partial charge in [-0.1, -0.05) is 36.4 Å². The van der Waals surface area contributed by atoms with Crippen molar-refractivity contribution < 1.29 is 0 Å². The van der Waals surface area contributed by atoms with Gasteiger partial charge in [-0.2, -0.15) is 0 Å². The van der Waals surface area contributed by atoms with Crippen molar-refractivity contribution in [2.45, 2.75) is 0 Å². The van der Waals surface area contributed by atoms with Crippen LogP contribution in [0.15, 0.2) is 65.4 Å². The number of aromatic nitrogens is 1. The van der Waals surface area contributed by atoms with Crippen molar-refractivity contribution in [3.8, 4) is 11.1 Å². The molecule has 0 atom stereocenters. The van der Waals surface area contributed by atoms with E-state index in [0.29, 0.717) is 0 Å². The second kappa shape index (κ2) is 4.30. The van der Waals surface area contributed by atoms with Gasteiger partial charge in [-0.15, -0.1) is 0 Å². The Balaban J connectivity index is 2.18. The fourth-order valence-corrected chi connectivity index (χ4v) is 2.30. The summed E-state index contributed by atoms with van der Waals surface area (Å²) in [5.74, 6) is 0. The molecule has 82 valence electrons. The maximum absolute atomic E-state index is 4.19. The van der Waals surface area contributed by atoms with Crippen LogP contribution in [0.1, 0.15) is 0 Å². The van der Waals surface area contributed by atoms with E-state index in [2.05, 4.69) is 69.4 Å². The van der Waals surface area contributed by atoms with E-state index in [1.165, 1.54) is 16.3 Å². The topological polar surface area (TPSA) is 12.9 Å². The van der Waals surface area contributed by atoms with E-state index in [9.17, 15) is 0 Å². The first-order valence-electron chi connectivity index (χ1n) is 5.43. The first kappa shape index (κ1) is 10.5. The number of fused-ring (bicyclic) bond motifs is 1. The summed E-state index contributed by atoms with van der Waals surface area (Å²) in [6.45, 7) is 0. The fraction of sp³-hybridized carbons (Fsp3) is 0. The lowest BCUT2D eigenvalue weighted by atomic mass is 10.0. The molecule has 0 aliphatic carbocycles. The van der Waals surface area contributed by atoms with E-state index in [4.69, 9.17) is 0 Å². The van der Waals surface area contributed by atoms with E-state index < -0.39 is 0 Å². The van der Waals surface area contributed by atoms with Crippen LogP contribution in [0.3, 0.4) is 0 Å². The lowest BCUT2D eigenvalue weighted by Gasteiger charge is -2.04. The number of rotatable bonds is 1. The SMILES string of the molecule is Brc1cncc(-c2ccc3ccccc3c2)c1. The quantitative estimate of drug-likeness (QED) is 0.633. The summed E-state index contributed by atoms with van der Waals surface area (Å²) in [5, 5.41) is 2.52. The highest BCUT2D eigenvalue weighted by molar-refractivity contribution is 9.10. The third kappa shape index (κ3) is 2.08. The van der Waals surface area contributed by atoms with Gasteiger partial charge in [0.15, 0.2) is 0 Å². The molecule has 0 amide bonds. The molecule has 0 spiro atoms. The average Bonchev–Trinajstić information content (AvgIpc) is 2.38. The predicted molar refractivity (Wildman–Crippen MR) is 74.9 cm³/mol. The lowest BCUT2D eigenvalue weighted by Crippen LogP contribution is -1.81. The van der Waals surface area contributed by atoms with Crippen LogP contribution in [0.2, 0.25) is 0 Å². The second-order valence-electron chi connectivity index (χ2n) is 3.95. The molecule has 17 heavy (non-hydrogen) atoms. The van der Waals surface area contributed by atoms with Crippen LogP contribution in [-0.4, -0.2) is 4.98 Å². The summed E-state index contributed by atoms with van der Waals surface area (Å²) in [4.78, 5) is 4.19. The third-order valence-corrected chi connectivity index (χ3v) is 3.22. The first-order valence-corrected chi connectivity index (χ1v) is 6.22. The largest absolute Gasteiger partial charge is 0.263 e. The van der Waals surface area contributed by atoms with Gasteiger partial charge in [0.25, 0.3) is 0 Å². The Labute approximate surface area is 108 Å². The molecule has 2 aromatic carbocycles. The molecule has 2 heteroatoms. The van der Waals surface area contributed by atoms with Crippen molar-refractivity contribution in [2.24, 2.45) is 0 Å². The second-order valence-corrected chi connectivity index (χ2v) is 4.87. The van der Waals surface area contributed by atoms with Crippen LogP contribution in [0, 0.1) is 0 Å². The first-order chi connectivity index (χ1) is 8.33. The highest BCUT2D eigenvalue weighted by atomic mass is 79.9. The highest BCUT2D eigenvalue weighted by Gasteiger charge is 2.00. The number of nitrogens with zero attached hydrogens (tertiary/aromatic N) is 1. The zero-order chi connectivity index (χ0) is 11.7. The van der Waals surface area contributed by atoms with Crippen molar-refractivity contribution in [1.82, 2.24) is 4.98 Å². The van der Waals surface area contributed by atoms with Crippen molar-refractivity contribution in [3.63, 3.8) is 0 Å². The summed E-state index contributed by atoms with van der Waals surface area (Å²) in [7, 11) is 0. The van der Waals surface area contributed by atoms with Gasteiger partial charge in [0.05, 0.1) is 0 Å². The number of hydrogen-bond donors (Lipinski definition) is 0. The van der Waals surface area contributed by atoms with Gasteiger partial charge in [0, 0.05) is 22.4 Å². The maximum atomic E-state index is 4.19. The number of hydrogen-bond acceptors (Lipinski definition) is 1. The van der Waals surface area contributed by atoms with Crippen molar-refractivity contribution in [1.29, 1.82) is 0 Å². The van der Waals surface area contributed by atoms with Gasteiger partial charge in [-0.05, 0) is 44.4 Å². The van der Waals surface area contributed by atoms with E-state index in [-0.39, 0.29) is 0 Å². The maximum Gasteiger partial charge on any atom is 0.0410 e. The third-order valence-electron chi connectivity index (χ3n) is 2.79. The van der Waals surface area contributed by atoms with Gasteiger partial charge in [-0.3, -0.25) is 4.98 Å². The zero-order valence-corrected chi connectivity index (χ0v) is 10.7. The van der Waals surface area contributed by atoms with Gasteiger partial charge in [0.1, 0.15) is 0 Å². The predicted octanol–water partition coefficient (Wildman–Crippen LogP) is 4.66. The van der Waals surface area contributed by atoms with E-state index in [0.717, 1.165) is 10.0 Å². The van der Waals surface area contributed by atoms with Gasteiger partial charge >= 0.3 is 0 Å². The number of halogens is 1. The van der Waals surface area contributed by atoms with Crippen LogP contribution in [0.4, 0.5) is 0 Å². The minimum atomic E-state index is 1.00. The monoisotopic (exact) mass is 283 g/mol. The average molecular weight is 284 g/mol. The Morgan fingerprint density at radius 2 is 1.59 bits per heavy atom. The van der Waals surface area contributed by atoms with Gasteiger partial charge < -0.3 is 0 Å². The minimum absolute atomic E-state index is 1.00. The highest BCUT2D eigenvalue weighted by Crippen LogP contribution is 2.25. The molecule has 0 fully saturated rings. The Morgan fingerprint density at radius 3 is 2.41 bits per heavy atom. The van der Waals surface area contributed by atoms with Gasteiger partial charge in [-0.25, -0.2) is 0 Å². The van der Waals surface area contributed by atoms with Crippen LogP contribution in [0.25, 0.3) is 21.9 Å². The smallest absolute Gasteiger partial charge is 0.0410 e. The lowest BCUT2D eigenvalue weighted by molar-refractivity contribution is 1.31. The molecule has 3 rings (SSSR count). The Kier molecular flexibility index (Phi) is 2.65. The summed E-state index contributed by atoms with van der Waals surface area (Å²) in [6.07, 6.45) is 3.68. The Hall–Kier alpha value is -1.67.